The average Bonchev–Trinajstić information content (AvgIpc) is 3.00. The van der Waals surface area contributed by atoms with Crippen molar-refractivity contribution in [1.82, 2.24) is 47.9 Å². The van der Waals surface area contributed by atoms with E-state index in [4.69, 9.17) is 0 Å². The first kappa shape index (κ1) is 24.7. The predicted molar refractivity (Wildman–Crippen MR) is 152 cm³/mol. The third-order valence-electron chi connectivity index (χ3n) is 7.55. The standard InChI is InChI=1S/C27H36N12/c1-4-10-19(11-5-1)37-22-28-16-30-24(34-22)38(20-12-6-2-7-13-20)26-32-18-33-27(36-26)39(21-14-8-3-9-15-21)25-31-17-29-23(37)35-25/h1-15,22-36H,16-18H2. The molecule has 0 radical (unpaired) electrons. The minimum atomic E-state index is -0.171. The first-order valence-corrected chi connectivity index (χ1v) is 13.5. The number of hydrogen-bond acceptors (Lipinski definition) is 12. The van der Waals surface area contributed by atoms with E-state index in [1.54, 1.807) is 0 Å². The number of nitrogens with zero attached hydrogens (tertiary/aromatic N) is 3. The van der Waals surface area contributed by atoms with E-state index in [1.165, 1.54) is 0 Å². The molecule has 4 aliphatic heterocycles. The van der Waals surface area contributed by atoms with Crippen LogP contribution in [0.5, 0.6) is 0 Å². The Balaban J connectivity index is 1.35. The third kappa shape index (κ3) is 4.94. The Hall–Kier alpha value is -3.30. The van der Waals surface area contributed by atoms with Gasteiger partial charge < -0.3 is 14.7 Å². The molecule has 12 nitrogen and oxygen atoms in total. The van der Waals surface area contributed by atoms with Gasteiger partial charge in [0.15, 0.2) is 0 Å². The molecule has 6 unspecified atom stereocenters. The Morgan fingerprint density at radius 1 is 0.359 bits per heavy atom. The van der Waals surface area contributed by atoms with E-state index in [1.807, 2.05) is 0 Å². The van der Waals surface area contributed by atoms with Gasteiger partial charge in [-0.25, -0.2) is 0 Å². The lowest BCUT2D eigenvalue weighted by atomic mass is 10.2. The first-order valence-electron chi connectivity index (χ1n) is 13.5. The zero-order valence-corrected chi connectivity index (χ0v) is 21.6. The summed E-state index contributed by atoms with van der Waals surface area (Å²) in [5.41, 5.74) is 3.29. The van der Waals surface area contributed by atoms with Gasteiger partial charge in [0, 0.05) is 17.1 Å². The lowest BCUT2D eigenvalue weighted by Crippen LogP contribution is -2.84. The number of hydrogen-bond donors (Lipinski definition) is 9. The largest absolute Gasteiger partial charge is 0.315 e. The van der Waals surface area contributed by atoms with Crippen LogP contribution in [0.4, 0.5) is 17.1 Å². The second-order valence-electron chi connectivity index (χ2n) is 9.90. The topological polar surface area (TPSA) is 118 Å². The molecule has 0 aromatic heterocycles. The zero-order valence-electron chi connectivity index (χ0n) is 21.6. The maximum Gasteiger partial charge on any atom is 0.140 e. The van der Waals surface area contributed by atoms with Crippen LogP contribution in [0.3, 0.4) is 0 Å². The highest BCUT2D eigenvalue weighted by atomic mass is 15.7. The molecular formula is C27H36N12. The van der Waals surface area contributed by atoms with Crippen molar-refractivity contribution in [3.8, 4) is 0 Å². The van der Waals surface area contributed by atoms with Gasteiger partial charge in [0.25, 0.3) is 0 Å². The van der Waals surface area contributed by atoms with Crippen molar-refractivity contribution in [2.45, 2.75) is 37.7 Å². The van der Waals surface area contributed by atoms with Gasteiger partial charge in [-0.05, 0) is 36.4 Å². The Bertz CT molecular complexity index is 1020. The van der Waals surface area contributed by atoms with Crippen LogP contribution in [-0.4, -0.2) is 57.7 Å². The van der Waals surface area contributed by atoms with Crippen molar-refractivity contribution < 1.29 is 0 Å². The molecule has 4 fully saturated rings. The number of para-hydroxylation sites is 3. The summed E-state index contributed by atoms with van der Waals surface area (Å²) in [7, 11) is 0. The summed E-state index contributed by atoms with van der Waals surface area (Å²) < 4.78 is 0. The lowest BCUT2D eigenvalue weighted by Gasteiger charge is -2.55. The van der Waals surface area contributed by atoms with E-state index in [2.05, 4.69) is 154 Å². The Morgan fingerprint density at radius 3 is 0.821 bits per heavy atom. The molecular weight excluding hydrogens is 492 g/mol. The van der Waals surface area contributed by atoms with Gasteiger partial charge in [-0.2, -0.15) is 0 Å². The summed E-state index contributed by atoms with van der Waals surface area (Å²) in [6.45, 7) is 1.90. The molecule has 3 aromatic rings. The predicted octanol–water partition coefficient (Wildman–Crippen LogP) is -0.559. The molecule has 0 aliphatic carbocycles. The molecule has 9 N–H and O–H groups in total. The SMILES string of the molecule is c1ccc(N2C3NCNC(N3)N(c3ccccc3)C3NCNC(N3)N(c3ccccc3)C3NCNC2N3)cc1. The summed E-state index contributed by atoms with van der Waals surface area (Å²) in [6.07, 6.45) is -1.02. The van der Waals surface area contributed by atoms with E-state index < -0.39 is 0 Å². The highest BCUT2D eigenvalue weighted by Gasteiger charge is 2.42. The van der Waals surface area contributed by atoms with Crippen molar-refractivity contribution in [2.24, 2.45) is 0 Å². The monoisotopic (exact) mass is 528 g/mol. The normalized spacial score (nSPS) is 31.2. The van der Waals surface area contributed by atoms with Crippen LogP contribution in [0.2, 0.25) is 0 Å². The van der Waals surface area contributed by atoms with E-state index in [0.29, 0.717) is 20.0 Å². The smallest absolute Gasteiger partial charge is 0.140 e. The first-order chi connectivity index (χ1) is 19.3. The van der Waals surface area contributed by atoms with Crippen molar-refractivity contribution >= 4 is 17.1 Å². The van der Waals surface area contributed by atoms with Crippen LogP contribution < -0.4 is 62.6 Å². The van der Waals surface area contributed by atoms with Gasteiger partial charge in [-0.3, -0.25) is 47.9 Å². The van der Waals surface area contributed by atoms with Crippen LogP contribution in [0.1, 0.15) is 0 Å². The molecule has 4 saturated heterocycles. The third-order valence-corrected chi connectivity index (χ3v) is 7.55. The molecule has 7 rings (SSSR count). The summed E-state index contributed by atoms with van der Waals surface area (Å²) in [5, 5.41) is 33.3. The van der Waals surface area contributed by atoms with Gasteiger partial charge in [0.1, 0.15) is 37.7 Å². The van der Waals surface area contributed by atoms with Gasteiger partial charge >= 0.3 is 0 Å². The van der Waals surface area contributed by atoms with Gasteiger partial charge in [0.05, 0.1) is 20.0 Å². The molecule has 12 heteroatoms. The zero-order chi connectivity index (χ0) is 26.0. The second kappa shape index (κ2) is 11.1. The number of fused-ring (bicyclic) bond motifs is 6. The van der Waals surface area contributed by atoms with Gasteiger partial charge in [-0.1, -0.05) is 54.6 Å². The van der Waals surface area contributed by atoms with Crippen molar-refractivity contribution in [2.75, 3.05) is 34.7 Å². The molecule has 6 bridgehead atoms. The van der Waals surface area contributed by atoms with Gasteiger partial charge in [0.2, 0.25) is 0 Å². The van der Waals surface area contributed by atoms with Crippen LogP contribution in [0, 0.1) is 0 Å². The fourth-order valence-electron chi connectivity index (χ4n) is 5.77. The van der Waals surface area contributed by atoms with E-state index in [-0.39, 0.29) is 37.7 Å². The summed E-state index contributed by atoms with van der Waals surface area (Å²) >= 11 is 0. The number of benzene rings is 3. The quantitative estimate of drug-likeness (QED) is 0.217. The van der Waals surface area contributed by atoms with Crippen molar-refractivity contribution in [3.63, 3.8) is 0 Å². The summed E-state index contributed by atoms with van der Waals surface area (Å²) in [6, 6.07) is 31.5. The van der Waals surface area contributed by atoms with E-state index >= 15 is 0 Å². The Labute approximate surface area is 228 Å². The minimum Gasteiger partial charge on any atom is -0.315 e. The molecule has 204 valence electrons. The fraction of sp³-hybridized carbons (Fsp3) is 0.333. The molecule has 0 amide bonds. The van der Waals surface area contributed by atoms with Crippen LogP contribution in [0.15, 0.2) is 91.0 Å². The molecule has 0 saturated carbocycles. The van der Waals surface area contributed by atoms with Crippen LogP contribution >= 0.6 is 0 Å². The van der Waals surface area contributed by atoms with Crippen molar-refractivity contribution in [3.05, 3.63) is 91.0 Å². The summed E-state index contributed by atoms with van der Waals surface area (Å²) in [5.74, 6) is 0. The molecule has 39 heavy (non-hydrogen) atoms. The molecule has 6 atom stereocenters. The van der Waals surface area contributed by atoms with Gasteiger partial charge in [-0.15, -0.1) is 0 Å². The van der Waals surface area contributed by atoms with E-state index in [0.717, 1.165) is 17.1 Å². The molecule has 4 heterocycles. The van der Waals surface area contributed by atoms with Crippen LogP contribution in [-0.2, 0) is 0 Å². The number of nitrogens with one attached hydrogen (secondary N) is 9. The Kier molecular flexibility index (Phi) is 7.01. The van der Waals surface area contributed by atoms with E-state index in [9.17, 15) is 0 Å². The highest BCUT2D eigenvalue weighted by molar-refractivity contribution is 5.52. The molecule has 3 aromatic carbocycles. The second-order valence-corrected chi connectivity index (χ2v) is 9.90. The summed E-state index contributed by atoms with van der Waals surface area (Å²) in [4.78, 5) is 7.00. The Morgan fingerprint density at radius 2 is 0.590 bits per heavy atom. The maximum atomic E-state index is 3.83. The number of anilines is 3. The van der Waals surface area contributed by atoms with Crippen LogP contribution in [0.25, 0.3) is 0 Å². The highest BCUT2D eigenvalue weighted by Crippen LogP contribution is 2.25. The maximum absolute atomic E-state index is 3.83. The minimum absolute atomic E-state index is 0.171. The molecule has 0 spiro atoms. The van der Waals surface area contributed by atoms with Crippen molar-refractivity contribution in [1.29, 1.82) is 0 Å². The molecule has 4 aliphatic rings. The average molecular weight is 529 g/mol. The fourth-order valence-corrected chi connectivity index (χ4v) is 5.77. The lowest BCUT2D eigenvalue weighted by molar-refractivity contribution is 0.135. The number of rotatable bonds is 3.